The first-order valence-corrected chi connectivity index (χ1v) is 36.7. The van der Waals surface area contributed by atoms with Crippen LogP contribution in [0.15, 0.2) is 158 Å². The van der Waals surface area contributed by atoms with Crippen LogP contribution in [0.2, 0.25) is 0 Å². The molecule has 0 aromatic carbocycles. The Labute approximate surface area is 541 Å². The van der Waals surface area contributed by atoms with Gasteiger partial charge in [0.25, 0.3) is 7.82 Å². The van der Waals surface area contributed by atoms with Crippen LogP contribution in [0.3, 0.4) is 0 Å². The summed E-state index contributed by atoms with van der Waals surface area (Å²) < 4.78 is 34.3. The highest BCUT2D eigenvalue weighted by Crippen LogP contribution is 2.38. The average molecular weight is 1240 g/mol. The summed E-state index contributed by atoms with van der Waals surface area (Å²) in [5.41, 5.74) is 0. The summed E-state index contributed by atoms with van der Waals surface area (Å²) in [6, 6.07) is 0. The first-order chi connectivity index (χ1) is 43.0. The van der Waals surface area contributed by atoms with Crippen molar-refractivity contribution in [3.05, 3.63) is 158 Å². The molecular formula is C78H130NO8P. The van der Waals surface area contributed by atoms with Crippen LogP contribution in [-0.2, 0) is 32.7 Å². The van der Waals surface area contributed by atoms with Crippen molar-refractivity contribution in [2.45, 2.75) is 277 Å². The summed E-state index contributed by atoms with van der Waals surface area (Å²) in [5, 5.41) is 0. The number of carbonyl (C=O) groups excluding carboxylic acids is 2. The zero-order valence-corrected chi connectivity index (χ0v) is 57.8. The van der Waals surface area contributed by atoms with E-state index in [1.807, 2.05) is 21.1 Å². The zero-order valence-electron chi connectivity index (χ0n) is 56.9. The normalized spacial score (nSPS) is 14.1. The molecule has 0 spiro atoms. The molecule has 0 bridgehead atoms. The topological polar surface area (TPSA) is 111 Å². The van der Waals surface area contributed by atoms with Crippen molar-refractivity contribution in [3.63, 3.8) is 0 Å². The molecule has 0 aliphatic heterocycles. The van der Waals surface area contributed by atoms with Crippen molar-refractivity contribution >= 4 is 19.8 Å². The number of allylic oxidation sites excluding steroid dienone is 26. The summed E-state index contributed by atoms with van der Waals surface area (Å²) >= 11 is 0. The number of hydrogen-bond acceptors (Lipinski definition) is 8. The Morgan fingerprint density at radius 3 is 0.966 bits per heavy atom. The molecule has 0 aromatic heterocycles. The molecule has 0 radical (unpaired) electrons. The lowest BCUT2D eigenvalue weighted by Gasteiger charge is -2.28. The second-order valence-electron chi connectivity index (χ2n) is 24.2. The SMILES string of the molecule is CC/C=C\C/C=C\C/C=C\C/C=C\C/C=C\C/C=C\C/C=C\C/C=C\C/C=C\C/C=C\CCCCCCCCCCC(=O)OC(COC(=O)CCCCCCCCCCCC/C=C\C/C=C\C/C=C\CCCCCCC)COP(=O)([O-])OCC[N+](C)(C)C. The molecule has 2 atom stereocenters. The summed E-state index contributed by atoms with van der Waals surface area (Å²) in [7, 11) is 1.14. The third-order valence-electron chi connectivity index (χ3n) is 14.5. The molecular weight excluding hydrogens is 1110 g/mol. The monoisotopic (exact) mass is 1240 g/mol. The van der Waals surface area contributed by atoms with Crippen molar-refractivity contribution in [2.75, 3.05) is 47.5 Å². The Bertz CT molecular complexity index is 2040. The van der Waals surface area contributed by atoms with Gasteiger partial charge in [-0.05, 0) is 128 Å². The predicted octanol–water partition coefficient (Wildman–Crippen LogP) is 22.5. The van der Waals surface area contributed by atoms with Gasteiger partial charge in [0.15, 0.2) is 6.10 Å². The lowest BCUT2D eigenvalue weighted by molar-refractivity contribution is -0.870. The fourth-order valence-electron chi connectivity index (χ4n) is 9.16. The molecule has 0 amide bonds. The summed E-state index contributed by atoms with van der Waals surface area (Å²) in [5.74, 6) is -0.853. The van der Waals surface area contributed by atoms with Crippen LogP contribution in [0, 0.1) is 0 Å². The molecule has 0 saturated heterocycles. The minimum absolute atomic E-state index is 0.0410. The van der Waals surface area contributed by atoms with Crippen molar-refractivity contribution in [2.24, 2.45) is 0 Å². The van der Waals surface area contributed by atoms with Crippen LogP contribution >= 0.6 is 7.82 Å². The van der Waals surface area contributed by atoms with Gasteiger partial charge in [-0.3, -0.25) is 14.2 Å². The minimum Gasteiger partial charge on any atom is -0.756 e. The number of carbonyl (C=O) groups is 2. The maximum Gasteiger partial charge on any atom is 0.306 e. The molecule has 0 aliphatic rings. The van der Waals surface area contributed by atoms with E-state index < -0.39 is 32.5 Å². The molecule has 0 aromatic rings. The number of hydrogen-bond donors (Lipinski definition) is 0. The molecule has 0 rings (SSSR count). The van der Waals surface area contributed by atoms with E-state index in [9.17, 15) is 19.0 Å². The molecule has 0 aliphatic carbocycles. The van der Waals surface area contributed by atoms with Crippen molar-refractivity contribution in [1.82, 2.24) is 0 Å². The number of likely N-dealkylation sites (N-methyl/N-ethyl adjacent to an activating group) is 1. The molecule has 0 fully saturated rings. The predicted molar refractivity (Wildman–Crippen MR) is 378 cm³/mol. The largest absolute Gasteiger partial charge is 0.756 e. The fraction of sp³-hybridized carbons (Fsp3) is 0.641. The Morgan fingerprint density at radius 1 is 0.364 bits per heavy atom. The van der Waals surface area contributed by atoms with Gasteiger partial charge >= 0.3 is 11.9 Å². The quantitative estimate of drug-likeness (QED) is 0.0195. The van der Waals surface area contributed by atoms with E-state index in [0.29, 0.717) is 17.4 Å². The molecule has 0 saturated carbocycles. The van der Waals surface area contributed by atoms with Crippen LogP contribution in [0.1, 0.15) is 271 Å². The number of esters is 2. The maximum absolute atomic E-state index is 12.9. The summed E-state index contributed by atoms with van der Waals surface area (Å²) in [6.07, 6.45) is 100. The van der Waals surface area contributed by atoms with Crippen LogP contribution < -0.4 is 4.89 Å². The first-order valence-electron chi connectivity index (χ1n) is 35.2. The molecule has 2 unspecified atom stereocenters. The summed E-state index contributed by atoms with van der Waals surface area (Å²) in [4.78, 5) is 38.1. The number of phosphoric acid groups is 1. The Hall–Kier alpha value is -4.37. The smallest absolute Gasteiger partial charge is 0.306 e. The van der Waals surface area contributed by atoms with Crippen LogP contribution in [0.4, 0.5) is 0 Å². The second-order valence-corrected chi connectivity index (χ2v) is 25.6. The fourth-order valence-corrected chi connectivity index (χ4v) is 9.89. The van der Waals surface area contributed by atoms with Crippen molar-refractivity contribution < 1.29 is 42.1 Å². The lowest BCUT2D eigenvalue weighted by atomic mass is 10.1. The van der Waals surface area contributed by atoms with E-state index in [1.165, 1.54) is 103 Å². The van der Waals surface area contributed by atoms with Gasteiger partial charge < -0.3 is 27.9 Å². The number of quaternary nitrogens is 1. The summed E-state index contributed by atoms with van der Waals surface area (Å²) in [6.45, 7) is 4.10. The Balaban J connectivity index is 4.14. The highest BCUT2D eigenvalue weighted by Gasteiger charge is 2.22. The number of phosphoric ester groups is 1. The third kappa shape index (κ3) is 70.7. The Kier molecular flexibility index (Phi) is 63.7. The molecule has 0 heterocycles. The van der Waals surface area contributed by atoms with Crippen LogP contribution in [0.5, 0.6) is 0 Å². The number of ether oxygens (including phenoxy) is 2. The van der Waals surface area contributed by atoms with E-state index in [-0.39, 0.29) is 26.1 Å². The number of nitrogens with zero attached hydrogens (tertiary/aromatic N) is 1. The molecule has 88 heavy (non-hydrogen) atoms. The van der Waals surface area contributed by atoms with Gasteiger partial charge in [-0.25, -0.2) is 0 Å². The molecule has 9 nitrogen and oxygen atoms in total. The Morgan fingerprint density at radius 2 is 0.648 bits per heavy atom. The number of unbranched alkanes of at least 4 members (excludes halogenated alkanes) is 23. The van der Waals surface area contributed by atoms with Crippen molar-refractivity contribution in [1.29, 1.82) is 0 Å². The van der Waals surface area contributed by atoms with E-state index >= 15 is 0 Å². The van der Waals surface area contributed by atoms with Gasteiger partial charge in [-0.1, -0.05) is 287 Å². The van der Waals surface area contributed by atoms with Gasteiger partial charge in [0.1, 0.15) is 19.8 Å². The molecule has 0 N–H and O–H groups in total. The van der Waals surface area contributed by atoms with Gasteiger partial charge in [0.2, 0.25) is 0 Å². The standard InChI is InChI=1S/C78H130NO8P/c1-6-8-10-12-14-16-18-20-22-24-26-28-30-32-33-34-35-36-37-38-39-40-41-42-43-44-45-47-49-51-53-55-57-59-61-63-65-67-69-71-78(81)87-76(75-86-88(82,83)85-73-72-79(3,4)5)74-84-77(80)70-68-66-64-62-60-58-56-54-52-50-48-46-31-29-27-25-23-21-19-17-15-13-11-9-7-2/h8,10,14,16,19-22,25-28,31-33,35-36,38-39,41-42,44-46,49,51,76H,6-7,9,11-13,15,17-18,23-24,29-30,34,37,40,43,47-48,50,52-75H2,1-5H3/b10-8-,16-14-,21-19-,22-20-,27-25-,28-26-,33-32-,36-35-,39-38-,42-41-,45-44-,46-31-,51-49-. The van der Waals surface area contributed by atoms with Crippen LogP contribution in [-0.4, -0.2) is 70.0 Å². The minimum atomic E-state index is -4.66. The van der Waals surface area contributed by atoms with E-state index in [1.54, 1.807) is 0 Å². The highest BCUT2D eigenvalue weighted by atomic mass is 31.2. The maximum atomic E-state index is 12.9. The van der Waals surface area contributed by atoms with Crippen LogP contribution in [0.25, 0.3) is 0 Å². The van der Waals surface area contributed by atoms with Gasteiger partial charge in [0.05, 0.1) is 27.7 Å². The van der Waals surface area contributed by atoms with Crippen molar-refractivity contribution in [3.8, 4) is 0 Å². The van der Waals surface area contributed by atoms with Gasteiger partial charge in [-0.2, -0.15) is 0 Å². The zero-order chi connectivity index (χ0) is 64.1. The van der Waals surface area contributed by atoms with E-state index in [0.717, 1.165) is 135 Å². The average Bonchev–Trinajstić information content (AvgIpc) is 3.68. The molecule has 500 valence electrons. The van der Waals surface area contributed by atoms with E-state index in [2.05, 4.69) is 172 Å². The second kappa shape index (κ2) is 67.0. The first kappa shape index (κ1) is 83.6. The van der Waals surface area contributed by atoms with Gasteiger partial charge in [-0.15, -0.1) is 0 Å². The lowest BCUT2D eigenvalue weighted by Crippen LogP contribution is -2.37. The van der Waals surface area contributed by atoms with E-state index in [4.69, 9.17) is 18.5 Å². The highest BCUT2D eigenvalue weighted by molar-refractivity contribution is 7.45. The number of rotatable bonds is 63. The van der Waals surface area contributed by atoms with Gasteiger partial charge in [0, 0.05) is 12.8 Å². The molecule has 10 heteroatoms. The third-order valence-corrected chi connectivity index (χ3v) is 15.5.